The summed E-state index contributed by atoms with van der Waals surface area (Å²) >= 11 is 0. The molecule has 0 bridgehead atoms. The molecule has 0 saturated carbocycles. The van der Waals surface area contributed by atoms with Gasteiger partial charge in [-0.15, -0.1) is 0 Å². The summed E-state index contributed by atoms with van der Waals surface area (Å²) in [4.78, 5) is 27.8. The highest BCUT2D eigenvalue weighted by atomic mass is 16.3. The largest absolute Gasteiger partial charge is 0.394 e. The van der Waals surface area contributed by atoms with Gasteiger partial charge >= 0.3 is 0 Å². The number of nitrogens with zero attached hydrogens (tertiary/aromatic N) is 3. The van der Waals surface area contributed by atoms with E-state index < -0.39 is 6.04 Å². The van der Waals surface area contributed by atoms with Crippen LogP contribution in [-0.2, 0) is 17.9 Å². The monoisotopic (exact) mass is 371 g/mol. The number of aliphatic hydroxyl groups is 1. The summed E-state index contributed by atoms with van der Waals surface area (Å²) in [6.45, 7) is 4.32. The Labute approximate surface area is 158 Å². The van der Waals surface area contributed by atoms with Crippen molar-refractivity contribution < 1.29 is 14.7 Å². The molecule has 0 fully saturated rings. The number of fused-ring (bicyclic) bond motifs is 1. The molecule has 2 amide bonds. The van der Waals surface area contributed by atoms with E-state index in [1.807, 2.05) is 38.1 Å². The Morgan fingerprint density at radius 3 is 2.89 bits per heavy atom. The topological polar surface area (TPSA) is 113 Å². The zero-order valence-corrected chi connectivity index (χ0v) is 15.6. The smallest absolute Gasteiger partial charge is 0.260 e. The molecule has 0 radical (unpaired) electrons. The first-order valence-electron chi connectivity index (χ1n) is 9.09. The van der Waals surface area contributed by atoms with Crippen molar-refractivity contribution in [1.29, 1.82) is 0 Å². The average Bonchev–Trinajstić information content (AvgIpc) is 2.94. The molecule has 1 aromatic carbocycles. The summed E-state index contributed by atoms with van der Waals surface area (Å²) in [5.41, 5.74) is 7.89. The molecule has 2 heterocycles. The molecule has 8 nitrogen and oxygen atoms in total. The molecule has 0 spiro atoms. The van der Waals surface area contributed by atoms with Crippen LogP contribution in [0.15, 0.2) is 30.5 Å². The Balaban J connectivity index is 2.03. The Hall–Kier alpha value is -2.87. The van der Waals surface area contributed by atoms with Gasteiger partial charge in [0, 0.05) is 12.2 Å². The van der Waals surface area contributed by atoms with Crippen LogP contribution in [0.4, 0.5) is 11.5 Å². The summed E-state index contributed by atoms with van der Waals surface area (Å²) in [5, 5.41) is 16.1. The molecule has 1 aliphatic rings. The molecule has 1 aromatic heterocycles. The van der Waals surface area contributed by atoms with E-state index in [9.17, 15) is 9.59 Å². The van der Waals surface area contributed by atoms with Crippen LogP contribution in [-0.4, -0.2) is 44.3 Å². The molecule has 27 heavy (non-hydrogen) atoms. The summed E-state index contributed by atoms with van der Waals surface area (Å²) in [6.07, 6.45) is 2.15. The molecule has 2 atom stereocenters. The number of rotatable bonds is 5. The van der Waals surface area contributed by atoms with Crippen molar-refractivity contribution in [3.63, 3.8) is 0 Å². The zero-order chi connectivity index (χ0) is 19.6. The molecule has 8 heteroatoms. The van der Waals surface area contributed by atoms with E-state index in [1.54, 1.807) is 4.90 Å². The second kappa shape index (κ2) is 7.79. The van der Waals surface area contributed by atoms with Crippen molar-refractivity contribution in [3.05, 3.63) is 41.6 Å². The minimum atomic E-state index is -0.615. The maximum absolute atomic E-state index is 13.3. The van der Waals surface area contributed by atoms with E-state index in [2.05, 4.69) is 10.4 Å². The van der Waals surface area contributed by atoms with Crippen molar-refractivity contribution in [3.8, 4) is 0 Å². The fourth-order valence-corrected chi connectivity index (χ4v) is 3.38. The maximum Gasteiger partial charge on any atom is 0.260 e. The lowest BCUT2D eigenvalue weighted by atomic mass is 9.96. The summed E-state index contributed by atoms with van der Waals surface area (Å²) in [7, 11) is 0. The number of hydrogen-bond donors (Lipinski definition) is 3. The highest BCUT2D eigenvalue weighted by molar-refractivity contribution is 6.04. The summed E-state index contributed by atoms with van der Waals surface area (Å²) in [5.74, 6) is -0.385. The van der Waals surface area contributed by atoms with E-state index >= 15 is 0 Å². The first kappa shape index (κ1) is 18.9. The van der Waals surface area contributed by atoms with Crippen molar-refractivity contribution in [2.45, 2.75) is 39.4 Å². The molecule has 0 saturated heterocycles. The molecule has 3 rings (SSSR count). The summed E-state index contributed by atoms with van der Waals surface area (Å²) in [6, 6.07) is 6.85. The number of anilines is 2. The molecule has 4 N–H and O–H groups in total. The minimum Gasteiger partial charge on any atom is -0.394 e. The second-order valence-electron chi connectivity index (χ2n) is 6.80. The fourth-order valence-electron chi connectivity index (χ4n) is 3.38. The predicted molar refractivity (Wildman–Crippen MR) is 102 cm³/mol. The van der Waals surface area contributed by atoms with Crippen LogP contribution in [0.5, 0.6) is 0 Å². The van der Waals surface area contributed by atoms with Gasteiger partial charge in [0.25, 0.3) is 5.91 Å². The molecule has 1 aliphatic heterocycles. The van der Waals surface area contributed by atoms with Gasteiger partial charge in [-0.25, -0.2) is 4.68 Å². The number of hydrogen-bond acceptors (Lipinski definition) is 5. The number of benzene rings is 1. The van der Waals surface area contributed by atoms with E-state index in [0.717, 1.165) is 17.7 Å². The van der Waals surface area contributed by atoms with Gasteiger partial charge < -0.3 is 21.1 Å². The van der Waals surface area contributed by atoms with Crippen molar-refractivity contribution in [1.82, 2.24) is 14.7 Å². The van der Waals surface area contributed by atoms with E-state index in [0.29, 0.717) is 6.54 Å². The van der Waals surface area contributed by atoms with E-state index in [4.69, 9.17) is 10.8 Å². The van der Waals surface area contributed by atoms with Crippen molar-refractivity contribution in [2.24, 2.45) is 5.92 Å². The third kappa shape index (κ3) is 3.52. The van der Waals surface area contributed by atoms with Gasteiger partial charge in [0.2, 0.25) is 5.91 Å². The molecule has 0 unspecified atom stereocenters. The third-order valence-corrected chi connectivity index (χ3v) is 5.09. The number of amides is 2. The van der Waals surface area contributed by atoms with Gasteiger partial charge in [-0.2, -0.15) is 5.10 Å². The van der Waals surface area contributed by atoms with E-state index in [1.165, 1.54) is 10.9 Å². The average molecular weight is 371 g/mol. The zero-order valence-electron chi connectivity index (χ0n) is 15.6. The van der Waals surface area contributed by atoms with Crippen LogP contribution < -0.4 is 11.1 Å². The highest BCUT2D eigenvalue weighted by Crippen LogP contribution is 2.29. The summed E-state index contributed by atoms with van der Waals surface area (Å²) < 4.78 is 1.39. The SMILES string of the molecule is CC[C@H](C)[C@H]1C(=O)Nc2ccccc2CN1C(=O)c1cnn(CCO)c1N. The Morgan fingerprint density at radius 2 is 2.19 bits per heavy atom. The number of nitrogen functional groups attached to an aromatic ring is 1. The quantitative estimate of drug-likeness (QED) is 0.736. The number of nitrogens with two attached hydrogens (primary N) is 1. The second-order valence-corrected chi connectivity index (χ2v) is 6.80. The van der Waals surface area contributed by atoms with Crippen molar-refractivity contribution in [2.75, 3.05) is 17.7 Å². The highest BCUT2D eigenvalue weighted by Gasteiger charge is 2.38. The molecule has 0 aliphatic carbocycles. The molecular formula is C19H25N5O3. The standard InChI is InChI=1S/C19H25N5O3/c1-3-12(2)16-18(26)22-15-7-5-4-6-13(15)11-23(16)19(27)14-10-21-24(8-9-25)17(14)20/h4-7,10,12,16,25H,3,8-9,11,20H2,1-2H3,(H,22,26)/t12-,16-/m0/s1. The van der Waals surface area contributed by atoms with Crippen LogP contribution in [0.2, 0.25) is 0 Å². The van der Waals surface area contributed by atoms with Gasteiger partial charge in [0.05, 0.1) is 19.3 Å². The van der Waals surface area contributed by atoms with Crippen LogP contribution in [0, 0.1) is 5.92 Å². The Kier molecular flexibility index (Phi) is 5.46. The first-order chi connectivity index (χ1) is 13.0. The maximum atomic E-state index is 13.3. The van der Waals surface area contributed by atoms with Crippen LogP contribution in [0.1, 0.15) is 36.2 Å². The minimum absolute atomic E-state index is 0.0306. The van der Waals surface area contributed by atoms with E-state index in [-0.39, 0.29) is 42.3 Å². The Morgan fingerprint density at radius 1 is 1.44 bits per heavy atom. The van der Waals surface area contributed by atoms with Crippen LogP contribution in [0.25, 0.3) is 0 Å². The lowest BCUT2D eigenvalue weighted by Gasteiger charge is -2.32. The number of aromatic nitrogens is 2. The van der Waals surface area contributed by atoms with Crippen molar-refractivity contribution >= 4 is 23.3 Å². The van der Waals surface area contributed by atoms with Gasteiger partial charge in [-0.1, -0.05) is 38.5 Å². The van der Waals surface area contributed by atoms with Gasteiger partial charge in [-0.3, -0.25) is 9.59 Å². The molecule has 2 aromatic rings. The molecule has 144 valence electrons. The number of carbonyl (C=O) groups is 2. The van der Waals surface area contributed by atoms with Gasteiger partial charge in [0.15, 0.2) is 0 Å². The number of carbonyl (C=O) groups excluding carboxylic acids is 2. The molecular weight excluding hydrogens is 346 g/mol. The Bertz CT molecular complexity index is 848. The number of para-hydroxylation sites is 1. The fraction of sp³-hybridized carbons (Fsp3) is 0.421. The number of nitrogens with one attached hydrogen (secondary N) is 1. The predicted octanol–water partition coefficient (Wildman–Crippen LogP) is 1.47. The van der Waals surface area contributed by atoms with Crippen LogP contribution in [0.3, 0.4) is 0 Å². The van der Waals surface area contributed by atoms with Crippen LogP contribution >= 0.6 is 0 Å². The number of aliphatic hydroxyl groups excluding tert-OH is 1. The van der Waals surface area contributed by atoms with Gasteiger partial charge in [0.1, 0.15) is 17.4 Å². The normalized spacial score (nSPS) is 17.8. The lowest BCUT2D eigenvalue weighted by Crippen LogP contribution is -2.49. The first-order valence-corrected chi connectivity index (χ1v) is 9.09. The van der Waals surface area contributed by atoms with Gasteiger partial charge in [-0.05, 0) is 17.5 Å². The third-order valence-electron chi connectivity index (χ3n) is 5.09. The lowest BCUT2D eigenvalue weighted by molar-refractivity contribution is -0.122.